The minimum atomic E-state index is 0.882. The highest BCUT2D eigenvalue weighted by molar-refractivity contribution is 5.90. The van der Waals surface area contributed by atoms with Gasteiger partial charge in [0.1, 0.15) is 11.4 Å². The largest absolute Gasteiger partial charge is 0.305 e. The number of aryl methyl sites for hydroxylation is 3. The molecule has 0 N–H and O–H groups in total. The van der Waals surface area contributed by atoms with Crippen LogP contribution in [0.4, 0.5) is 28.4 Å². The zero-order valence-corrected chi connectivity index (χ0v) is 14.1. The van der Waals surface area contributed by atoms with Crippen LogP contribution in [0.15, 0.2) is 70.9 Å². The Kier molecular flexibility index (Phi) is 3.42. The lowest BCUT2D eigenvalue weighted by atomic mass is 10.0. The first kappa shape index (κ1) is 14.6. The van der Waals surface area contributed by atoms with Gasteiger partial charge in [-0.05, 0) is 56.2 Å². The smallest absolute Gasteiger partial charge is 0.110 e. The molecule has 0 spiro atoms. The lowest BCUT2D eigenvalue weighted by molar-refractivity contribution is 1.21. The summed E-state index contributed by atoms with van der Waals surface area (Å²) in [5.74, 6) is 0. The topological polar surface area (TPSA) is 28.0 Å². The molecule has 1 heterocycles. The third-order valence-electron chi connectivity index (χ3n) is 4.37. The molecule has 3 nitrogen and oxygen atoms in total. The van der Waals surface area contributed by atoms with Crippen LogP contribution in [0.5, 0.6) is 0 Å². The van der Waals surface area contributed by atoms with Crippen LogP contribution in [-0.2, 0) is 0 Å². The summed E-state index contributed by atoms with van der Waals surface area (Å²) in [4.78, 5) is 2.29. The van der Waals surface area contributed by atoms with Gasteiger partial charge in [0.05, 0.1) is 17.1 Å². The van der Waals surface area contributed by atoms with Crippen molar-refractivity contribution in [2.75, 3.05) is 4.90 Å². The van der Waals surface area contributed by atoms with E-state index in [2.05, 4.69) is 60.2 Å². The first-order valence-corrected chi connectivity index (χ1v) is 8.13. The van der Waals surface area contributed by atoms with Crippen molar-refractivity contribution in [1.29, 1.82) is 0 Å². The second kappa shape index (κ2) is 5.60. The summed E-state index contributed by atoms with van der Waals surface area (Å²) < 4.78 is 0. The second-order valence-corrected chi connectivity index (χ2v) is 6.26. The van der Waals surface area contributed by atoms with Gasteiger partial charge in [-0.25, -0.2) is 0 Å². The molecule has 3 heteroatoms. The van der Waals surface area contributed by atoms with E-state index in [1.165, 1.54) is 22.4 Å². The standard InChI is InChI=1S/C21H19N3/c1-14-12-15(2)21(16(3)13-14)24-19-10-6-4-8-17(19)22-23-18-9-5-7-11-20(18)24/h4-13H,1-3H3. The summed E-state index contributed by atoms with van der Waals surface area (Å²) >= 11 is 0. The number of nitrogens with zero attached hydrogens (tertiary/aromatic N) is 3. The molecule has 3 aromatic carbocycles. The Morgan fingerprint density at radius 1 is 0.667 bits per heavy atom. The average molecular weight is 313 g/mol. The number of benzene rings is 3. The van der Waals surface area contributed by atoms with Gasteiger partial charge in [-0.3, -0.25) is 0 Å². The Hall–Kier alpha value is -2.94. The van der Waals surface area contributed by atoms with Gasteiger partial charge < -0.3 is 4.90 Å². The maximum absolute atomic E-state index is 4.46. The molecule has 1 aliphatic rings. The Bertz CT molecular complexity index is 884. The van der Waals surface area contributed by atoms with Gasteiger partial charge in [0.2, 0.25) is 0 Å². The fourth-order valence-electron chi connectivity index (χ4n) is 3.48. The molecule has 0 radical (unpaired) electrons. The Labute approximate surface area is 142 Å². The first-order valence-electron chi connectivity index (χ1n) is 8.13. The maximum Gasteiger partial charge on any atom is 0.110 e. The molecule has 0 saturated carbocycles. The highest BCUT2D eigenvalue weighted by Gasteiger charge is 2.23. The summed E-state index contributed by atoms with van der Waals surface area (Å²) in [5.41, 5.74) is 8.86. The molecule has 4 rings (SSSR count). The highest BCUT2D eigenvalue weighted by atomic mass is 15.2. The van der Waals surface area contributed by atoms with Crippen LogP contribution in [0.25, 0.3) is 0 Å². The van der Waals surface area contributed by atoms with Crippen molar-refractivity contribution in [3.63, 3.8) is 0 Å². The van der Waals surface area contributed by atoms with Crippen molar-refractivity contribution in [2.45, 2.75) is 20.8 Å². The van der Waals surface area contributed by atoms with E-state index in [0.29, 0.717) is 0 Å². The summed E-state index contributed by atoms with van der Waals surface area (Å²) in [6, 6.07) is 20.8. The molecule has 0 atom stereocenters. The average Bonchev–Trinajstić information content (AvgIpc) is 2.72. The van der Waals surface area contributed by atoms with Crippen molar-refractivity contribution >= 4 is 28.4 Å². The van der Waals surface area contributed by atoms with E-state index in [9.17, 15) is 0 Å². The molecule has 0 saturated heterocycles. The van der Waals surface area contributed by atoms with E-state index in [1.807, 2.05) is 36.4 Å². The molecule has 1 aliphatic heterocycles. The molecule has 0 aromatic heterocycles. The number of anilines is 3. The number of rotatable bonds is 1. The molecular weight excluding hydrogens is 294 g/mol. The zero-order valence-electron chi connectivity index (χ0n) is 14.1. The Morgan fingerprint density at radius 3 is 1.62 bits per heavy atom. The molecule has 0 aliphatic carbocycles. The van der Waals surface area contributed by atoms with Crippen LogP contribution in [0, 0.1) is 20.8 Å². The van der Waals surface area contributed by atoms with E-state index in [1.54, 1.807) is 0 Å². The number of hydrogen-bond acceptors (Lipinski definition) is 3. The Balaban J connectivity index is 2.07. The monoisotopic (exact) mass is 313 g/mol. The fraction of sp³-hybridized carbons (Fsp3) is 0.143. The molecule has 0 amide bonds. The van der Waals surface area contributed by atoms with Gasteiger partial charge in [-0.2, -0.15) is 0 Å². The van der Waals surface area contributed by atoms with Crippen molar-refractivity contribution in [3.8, 4) is 0 Å². The third kappa shape index (κ3) is 2.29. The van der Waals surface area contributed by atoms with Gasteiger partial charge >= 0.3 is 0 Å². The van der Waals surface area contributed by atoms with Crippen molar-refractivity contribution < 1.29 is 0 Å². The highest BCUT2D eigenvalue weighted by Crippen LogP contribution is 2.48. The number of hydrogen-bond donors (Lipinski definition) is 0. The van der Waals surface area contributed by atoms with Crippen LogP contribution in [0.2, 0.25) is 0 Å². The molecule has 118 valence electrons. The van der Waals surface area contributed by atoms with Crippen LogP contribution in [-0.4, -0.2) is 0 Å². The van der Waals surface area contributed by atoms with E-state index in [4.69, 9.17) is 0 Å². The van der Waals surface area contributed by atoms with E-state index in [-0.39, 0.29) is 0 Å². The number of fused-ring (bicyclic) bond motifs is 2. The third-order valence-corrected chi connectivity index (χ3v) is 4.37. The minimum absolute atomic E-state index is 0.882. The molecular formula is C21H19N3. The minimum Gasteiger partial charge on any atom is -0.305 e. The van der Waals surface area contributed by atoms with Gasteiger partial charge in [-0.1, -0.05) is 42.0 Å². The fourth-order valence-corrected chi connectivity index (χ4v) is 3.48. The lowest BCUT2D eigenvalue weighted by Crippen LogP contribution is -2.13. The predicted octanol–water partition coefficient (Wildman–Crippen LogP) is 6.81. The summed E-state index contributed by atoms with van der Waals surface area (Å²) in [7, 11) is 0. The van der Waals surface area contributed by atoms with Gasteiger partial charge in [-0.15, -0.1) is 10.2 Å². The summed E-state index contributed by atoms with van der Waals surface area (Å²) in [6.07, 6.45) is 0. The van der Waals surface area contributed by atoms with Crippen LogP contribution < -0.4 is 4.90 Å². The normalized spacial score (nSPS) is 12.5. The molecule has 24 heavy (non-hydrogen) atoms. The first-order chi connectivity index (χ1) is 11.6. The van der Waals surface area contributed by atoms with Crippen LogP contribution in [0.3, 0.4) is 0 Å². The second-order valence-electron chi connectivity index (χ2n) is 6.26. The van der Waals surface area contributed by atoms with E-state index in [0.717, 1.165) is 22.7 Å². The number of azo groups is 1. The van der Waals surface area contributed by atoms with Crippen molar-refractivity contribution in [2.24, 2.45) is 10.2 Å². The van der Waals surface area contributed by atoms with E-state index >= 15 is 0 Å². The molecule has 3 aromatic rings. The zero-order chi connectivity index (χ0) is 16.7. The quantitative estimate of drug-likeness (QED) is 0.379. The predicted molar refractivity (Wildman–Crippen MR) is 99.5 cm³/mol. The SMILES string of the molecule is Cc1cc(C)c(N2c3ccccc3N=Nc3ccccc32)c(C)c1. The van der Waals surface area contributed by atoms with Crippen LogP contribution >= 0.6 is 0 Å². The van der Waals surface area contributed by atoms with Crippen LogP contribution in [0.1, 0.15) is 16.7 Å². The number of para-hydroxylation sites is 2. The lowest BCUT2D eigenvalue weighted by Gasteiger charge is -2.29. The van der Waals surface area contributed by atoms with Crippen molar-refractivity contribution in [3.05, 3.63) is 77.4 Å². The van der Waals surface area contributed by atoms with Gasteiger partial charge in [0.25, 0.3) is 0 Å². The molecule has 0 unspecified atom stereocenters. The molecule has 0 fully saturated rings. The van der Waals surface area contributed by atoms with E-state index < -0.39 is 0 Å². The van der Waals surface area contributed by atoms with Crippen molar-refractivity contribution in [1.82, 2.24) is 0 Å². The van der Waals surface area contributed by atoms with Gasteiger partial charge in [0.15, 0.2) is 0 Å². The summed E-state index contributed by atoms with van der Waals surface area (Å²) in [6.45, 7) is 6.47. The maximum atomic E-state index is 4.46. The Morgan fingerprint density at radius 2 is 1.12 bits per heavy atom. The summed E-state index contributed by atoms with van der Waals surface area (Å²) in [5, 5.41) is 8.93. The molecule has 0 bridgehead atoms. The van der Waals surface area contributed by atoms with Gasteiger partial charge in [0, 0.05) is 0 Å².